The third kappa shape index (κ3) is 2.23. The van der Waals surface area contributed by atoms with Gasteiger partial charge in [0.1, 0.15) is 5.82 Å². The van der Waals surface area contributed by atoms with E-state index in [9.17, 15) is 4.39 Å². The lowest BCUT2D eigenvalue weighted by molar-refractivity contribution is 0.627. The van der Waals surface area contributed by atoms with Gasteiger partial charge < -0.3 is 0 Å². The maximum absolute atomic E-state index is 12.9. The van der Waals surface area contributed by atoms with Crippen molar-refractivity contribution in [2.24, 2.45) is 0 Å². The Kier molecular flexibility index (Phi) is 2.82. The molecule has 0 fully saturated rings. The lowest BCUT2D eigenvalue weighted by Crippen LogP contribution is -1.87. The highest BCUT2D eigenvalue weighted by atomic mass is 79.9. The quantitative estimate of drug-likeness (QED) is 0.761. The maximum Gasteiger partial charge on any atom is 0.123 e. The second-order valence-corrected chi connectivity index (χ2v) is 4.24. The maximum atomic E-state index is 12.9. The van der Waals surface area contributed by atoms with Crippen LogP contribution in [0.2, 0.25) is 0 Å². The first-order valence-electron chi connectivity index (χ1n) is 4.55. The lowest BCUT2D eigenvalue weighted by Gasteiger charge is -2.04. The molecule has 76 valence electrons. The standard InChI is InChI=1S/C12H9BrFN/c1-8-6-10(14)3-4-11(8)12-5-2-9(13)7-15-12/h2-7H,1H3. The highest BCUT2D eigenvalue weighted by Crippen LogP contribution is 2.22. The zero-order valence-corrected chi connectivity index (χ0v) is 9.75. The van der Waals surface area contributed by atoms with E-state index in [-0.39, 0.29) is 5.82 Å². The first-order chi connectivity index (χ1) is 7.16. The topological polar surface area (TPSA) is 12.9 Å². The van der Waals surface area contributed by atoms with Gasteiger partial charge in [0.15, 0.2) is 0 Å². The van der Waals surface area contributed by atoms with Crippen LogP contribution >= 0.6 is 15.9 Å². The molecular weight excluding hydrogens is 257 g/mol. The van der Waals surface area contributed by atoms with Crippen LogP contribution in [-0.2, 0) is 0 Å². The van der Waals surface area contributed by atoms with E-state index in [2.05, 4.69) is 20.9 Å². The summed E-state index contributed by atoms with van der Waals surface area (Å²) in [6.07, 6.45) is 1.73. The summed E-state index contributed by atoms with van der Waals surface area (Å²) < 4.78 is 13.8. The first-order valence-corrected chi connectivity index (χ1v) is 5.34. The van der Waals surface area contributed by atoms with E-state index < -0.39 is 0 Å². The molecule has 1 aromatic heterocycles. The molecule has 0 bridgehead atoms. The normalized spacial score (nSPS) is 10.3. The van der Waals surface area contributed by atoms with Gasteiger partial charge in [-0.2, -0.15) is 0 Å². The minimum Gasteiger partial charge on any atom is -0.255 e. The van der Waals surface area contributed by atoms with Gasteiger partial charge in [-0.3, -0.25) is 4.98 Å². The summed E-state index contributed by atoms with van der Waals surface area (Å²) in [6, 6.07) is 8.54. The number of aryl methyl sites for hydroxylation is 1. The van der Waals surface area contributed by atoms with E-state index >= 15 is 0 Å². The van der Waals surface area contributed by atoms with Gasteiger partial charge in [-0.15, -0.1) is 0 Å². The molecule has 0 atom stereocenters. The fourth-order valence-corrected chi connectivity index (χ4v) is 1.68. The van der Waals surface area contributed by atoms with Crippen molar-refractivity contribution >= 4 is 15.9 Å². The molecule has 0 saturated heterocycles. The van der Waals surface area contributed by atoms with E-state index in [4.69, 9.17) is 0 Å². The summed E-state index contributed by atoms with van der Waals surface area (Å²) in [5.41, 5.74) is 2.71. The zero-order valence-electron chi connectivity index (χ0n) is 8.17. The fraction of sp³-hybridized carbons (Fsp3) is 0.0833. The Hall–Kier alpha value is -1.22. The van der Waals surface area contributed by atoms with Gasteiger partial charge in [0.25, 0.3) is 0 Å². The fourth-order valence-electron chi connectivity index (χ4n) is 1.45. The van der Waals surface area contributed by atoms with Crippen molar-refractivity contribution in [3.8, 4) is 11.3 Å². The molecule has 0 aliphatic rings. The molecule has 1 nitrogen and oxygen atoms in total. The predicted octanol–water partition coefficient (Wildman–Crippen LogP) is 3.96. The second-order valence-electron chi connectivity index (χ2n) is 3.32. The van der Waals surface area contributed by atoms with Gasteiger partial charge in [0, 0.05) is 16.2 Å². The van der Waals surface area contributed by atoms with Gasteiger partial charge in [-0.25, -0.2) is 4.39 Å². The van der Waals surface area contributed by atoms with E-state index in [1.54, 1.807) is 12.3 Å². The van der Waals surface area contributed by atoms with Crippen molar-refractivity contribution in [3.63, 3.8) is 0 Å². The third-order valence-electron chi connectivity index (χ3n) is 2.19. The number of nitrogens with zero attached hydrogens (tertiary/aromatic N) is 1. The Morgan fingerprint density at radius 3 is 2.60 bits per heavy atom. The molecule has 0 radical (unpaired) electrons. The van der Waals surface area contributed by atoms with Crippen molar-refractivity contribution in [1.82, 2.24) is 4.98 Å². The van der Waals surface area contributed by atoms with Crippen molar-refractivity contribution in [2.45, 2.75) is 6.92 Å². The number of benzene rings is 1. The summed E-state index contributed by atoms with van der Waals surface area (Å²) in [6.45, 7) is 1.88. The summed E-state index contributed by atoms with van der Waals surface area (Å²) in [7, 11) is 0. The first kappa shape index (κ1) is 10.3. The Labute approximate surface area is 96.1 Å². The smallest absolute Gasteiger partial charge is 0.123 e. The molecular formula is C12H9BrFN. The minimum atomic E-state index is -0.214. The lowest BCUT2D eigenvalue weighted by atomic mass is 10.1. The molecule has 3 heteroatoms. The average Bonchev–Trinajstić information content (AvgIpc) is 2.20. The van der Waals surface area contributed by atoms with Crippen LogP contribution in [0, 0.1) is 12.7 Å². The number of hydrogen-bond acceptors (Lipinski definition) is 1. The van der Waals surface area contributed by atoms with E-state index in [1.807, 2.05) is 19.1 Å². The highest BCUT2D eigenvalue weighted by molar-refractivity contribution is 9.10. The Bertz CT molecular complexity index is 479. The van der Waals surface area contributed by atoms with Crippen LogP contribution in [0.25, 0.3) is 11.3 Å². The molecule has 15 heavy (non-hydrogen) atoms. The molecule has 2 rings (SSSR count). The van der Waals surface area contributed by atoms with Gasteiger partial charge >= 0.3 is 0 Å². The summed E-state index contributed by atoms with van der Waals surface area (Å²) >= 11 is 3.33. The third-order valence-corrected chi connectivity index (χ3v) is 2.66. The molecule has 0 amide bonds. The monoisotopic (exact) mass is 265 g/mol. The molecule has 0 N–H and O–H groups in total. The number of pyridine rings is 1. The Morgan fingerprint density at radius 2 is 2.00 bits per heavy atom. The summed E-state index contributed by atoms with van der Waals surface area (Å²) in [5, 5.41) is 0. The van der Waals surface area contributed by atoms with Crippen molar-refractivity contribution in [3.05, 3.63) is 52.4 Å². The van der Waals surface area contributed by atoms with Gasteiger partial charge in [-0.05, 0) is 58.7 Å². The molecule has 1 aromatic carbocycles. The molecule has 0 unspecified atom stereocenters. The van der Waals surface area contributed by atoms with Crippen molar-refractivity contribution in [1.29, 1.82) is 0 Å². The zero-order chi connectivity index (χ0) is 10.8. The molecule has 0 aliphatic carbocycles. The minimum absolute atomic E-state index is 0.214. The van der Waals surface area contributed by atoms with Gasteiger partial charge in [0.2, 0.25) is 0 Å². The predicted molar refractivity (Wildman–Crippen MR) is 62.1 cm³/mol. The molecule has 2 aromatic rings. The average molecular weight is 266 g/mol. The van der Waals surface area contributed by atoms with Crippen LogP contribution in [0.5, 0.6) is 0 Å². The summed E-state index contributed by atoms with van der Waals surface area (Å²) in [4.78, 5) is 4.27. The van der Waals surface area contributed by atoms with Crippen LogP contribution < -0.4 is 0 Å². The Balaban J connectivity index is 2.49. The SMILES string of the molecule is Cc1cc(F)ccc1-c1ccc(Br)cn1. The van der Waals surface area contributed by atoms with E-state index in [0.29, 0.717) is 0 Å². The van der Waals surface area contributed by atoms with Crippen molar-refractivity contribution in [2.75, 3.05) is 0 Å². The second kappa shape index (κ2) is 4.11. The number of halogens is 2. The van der Waals surface area contributed by atoms with Crippen LogP contribution in [0.1, 0.15) is 5.56 Å². The molecule has 1 heterocycles. The van der Waals surface area contributed by atoms with Gasteiger partial charge in [0.05, 0.1) is 5.69 Å². The summed E-state index contributed by atoms with van der Waals surface area (Å²) in [5.74, 6) is -0.214. The Morgan fingerprint density at radius 1 is 1.20 bits per heavy atom. The molecule has 0 spiro atoms. The van der Waals surface area contributed by atoms with Gasteiger partial charge in [-0.1, -0.05) is 0 Å². The largest absolute Gasteiger partial charge is 0.255 e. The van der Waals surface area contributed by atoms with Crippen LogP contribution in [-0.4, -0.2) is 4.98 Å². The number of aromatic nitrogens is 1. The van der Waals surface area contributed by atoms with Crippen LogP contribution in [0.15, 0.2) is 41.0 Å². The molecule has 0 aliphatic heterocycles. The van der Waals surface area contributed by atoms with Crippen LogP contribution in [0.4, 0.5) is 4.39 Å². The molecule has 0 saturated carbocycles. The van der Waals surface area contributed by atoms with Crippen molar-refractivity contribution < 1.29 is 4.39 Å². The van der Waals surface area contributed by atoms with E-state index in [0.717, 1.165) is 21.3 Å². The van der Waals surface area contributed by atoms with Crippen LogP contribution in [0.3, 0.4) is 0 Å². The highest BCUT2D eigenvalue weighted by Gasteiger charge is 2.03. The number of rotatable bonds is 1. The van der Waals surface area contributed by atoms with E-state index in [1.165, 1.54) is 12.1 Å². The number of hydrogen-bond donors (Lipinski definition) is 0.